The third-order valence-corrected chi connectivity index (χ3v) is 4.00. The van der Waals surface area contributed by atoms with E-state index in [1.54, 1.807) is 12.1 Å². The number of nitrogens with two attached hydrogens (primary N) is 2. The Hall–Kier alpha value is -4.40. The normalized spacial score (nSPS) is 10.1. The van der Waals surface area contributed by atoms with Gasteiger partial charge in [0.05, 0.1) is 0 Å². The van der Waals surface area contributed by atoms with Gasteiger partial charge in [0.15, 0.2) is 11.6 Å². The van der Waals surface area contributed by atoms with Gasteiger partial charge < -0.3 is 21.5 Å². The molecule has 0 spiro atoms. The molecule has 0 saturated carbocycles. The molecule has 0 unspecified atom stereocenters. The van der Waals surface area contributed by atoms with E-state index in [1.165, 1.54) is 24.4 Å². The van der Waals surface area contributed by atoms with Crippen molar-refractivity contribution in [2.75, 3.05) is 10.6 Å². The van der Waals surface area contributed by atoms with Crippen LogP contribution in [0.2, 0.25) is 0 Å². The zero-order chi connectivity index (χ0) is 21.5. The standard InChI is InChI=1S/C21H19N5O4/c22-18(27)14-9-15(19(23)28)11-16(10-14)25-21(29)26-20-17(7-4-8-24-20)30-12-13-5-2-1-3-6-13/h1-11H,12H2,(H2,22,27)(H2,23,28)(H2,24,25,26,29). The Labute approximate surface area is 172 Å². The average Bonchev–Trinajstić information content (AvgIpc) is 2.73. The van der Waals surface area contributed by atoms with Crippen LogP contribution in [-0.2, 0) is 6.61 Å². The molecule has 0 saturated heterocycles. The van der Waals surface area contributed by atoms with E-state index < -0.39 is 17.8 Å². The van der Waals surface area contributed by atoms with Crippen LogP contribution in [0.1, 0.15) is 26.3 Å². The number of aromatic nitrogens is 1. The minimum Gasteiger partial charge on any atom is -0.485 e. The fraction of sp³-hybridized carbons (Fsp3) is 0.0476. The number of carbonyl (C=O) groups is 3. The van der Waals surface area contributed by atoms with Gasteiger partial charge in [0.1, 0.15) is 6.61 Å². The molecule has 0 aliphatic heterocycles. The van der Waals surface area contributed by atoms with Gasteiger partial charge in [0, 0.05) is 23.0 Å². The highest BCUT2D eigenvalue weighted by Crippen LogP contribution is 2.23. The van der Waals surface area contributed by atoms with Crippen LogP contribution in [0.15, 0.2) is 66.9 Å². The Morgan fingerprint density at radius 3 is 2.17 bits per heavy atom. The molecule has 9 nitrogen and oxygen atoms in total. The minimum absolute atomic E-state index is 0.0336. The van der Waals surface area contributed by atoms with Crippen molar-refractivity contribution in [3.8, 4) is 5.75 Å². The van der Waals surface area contributed by atoms with Crippen molar-refractivity contribution in [1.29, 1.82) is 0 Å². The topological polar surface area (TPSA) is 149 Å². The molecule has 2 aromatic carbocycles. The van der Waals surface area contributed by atoms with Crippen LogP contribution in [0.5, 0.6) is 5.75 Å². The second-order valence-corrected chi connectivity index (χ2v) is 6.23. The Bertz CT molecular complexity index is 1050. The monoisotopic (exact) mass is 405 g/mol. The zero-order valence-corrected chi connectivity index (χ0v) is 15.8. The second kappa shape index (κ2) is 9.20. The van der Waals surface area contributed by atoms with Crippen molar-refractivity contribution in [2.45, 2.75) is 6.61 Å². The number of benzene rings is 2. The Morgan fingerprint density at radius 1 is 0.867 bits per heavy atom. The smallest absolute Gasteiger partial charge is 0.324 e. The molecule has 0 aliphatic carbocycles. The fourth-order valence-corrected chi connectivity index (χ4v) is 2.59. The number of carbonyl (C=O) groups excluding carboxylic acids is 3. The van der Waals surface area contributed by atoms with E-state index in [9.17, 15) is 14.4 Å². The van der Waals surface area contributed by atoms with E-state index in [2.05, 4.69) is 15.6 Å². The number of hydrogen-bond donors (Lipinski definition) is 4. The highest BCUT2D eigenvalue weighted by atomic mass is 16.5. The quantitative estimate of drug-likeness (QED) is 0.476. The first-order chi connectivity index (χ1) is 14.4. The summed E-state index contributed by atoms with van der Waals surface area (Å²) >= 11 is 0. The first kappa shape index (κ1) is 20.3. The van der Waals surface area contributed by atoms with Crippen LogP contribution >= 0.6 is 0 Å². The molecule has 1 aromatic heterocycles. The summed E-state index contributed by atoms with van der Waals surface area (Å²) in [6, 6.07) is 16.1. The average molecular weight is 405 g/mol. The molecule has 0 atom stereocenters. The number of nitrogens with one attached hydrogen (secondary N) is 2. The van der Waals surface area contributed by atoms with E-state index in [-0.39, 0.29) is 22.6 Å². The number of amides is 4. The predicted octanol–water partition coefficient (Wildman–Crippen LogP) is 2.50. The molecule has 6 N–H and O–H groups in total. The first-order valence-electron chi connectivity index (χ1n) is 8.87. The van der Waals surface area contributed by atoms with Gasteiger partial charge in [-0.05, 0) is 35.9 Å². The van der Waals surface area contributed by atoms with E-state index >= 15 is 0 Å². The van der Waals surface area contributed by atoms with E-state index in [0.29, 0.717) is 12.4 Å². The van der Waals surface area contributed by atoms with Crippen molar-refractivity contribution >= 4 is 29.4 Å². The fourth-order valence-electron chi connectivity index (χ4n) is 2.59. The third-order valence-electron chi connectivity index (χ3n) is 4.00. The summed E-state index contributed by atoms with van der Waals surface area (Å²) in [6.45, 7) is 0.297. The van der Waals surface area contributed by atoms with Crippen LogP contribution in [0, 0.1) is 0 Å². The zero-order valence-electron chi connectivity index (χ0n) is 15.8. The lowest BCUT2D eigenvalue weighted by molar-refractivity contribution is 0.0999. The summed E-state index contributed by atoms with van der Waals surface area (Å²) in [5.74, 6) is -0.946. The minimum atomic E-state index is -0.761. The number of anilines is 2. The number of pyridine rings is 1. The summed E-state index contributed by atoms with van der Waals surface area (Å²) in [4.78, 5) is 39.4. The molecule has 4 amide bonds. The van der Waals surface area contributed by atoms with Crippen molar-refractivity contribution in [3.63, 3.8) is 0 Å². The third kappa shape index (κ3) is 5.32. The Balaban J connectivity index is 1.72. The first-order valence-corrected chi connectivity index (χ1v) is 8.87. The molecule has 0 bridgehead atoms. The summed E-state index contributed by atoms with van der Waals surface area (Å²) in [7, 11) is 0. The molecule has 0 radical (unpaired) electrons. The van der Waals surface area contributed by atoms with Crippen LogP contribution in [0.4, 0.5) is 16.3 Å². The second-order valence-electron chi connectivity index (χ2n) is 6.23. The summed E-state index contributed by atoms with van der Waals surface area (Å²) < 4.78 is 5.75. The molecular weight excluding hydrogens is 386 g/mol. The van der Waals surface area contributed by atoms with Crippen LogP contribution in [0.25, 0.3) is 0 Å². The van der Waals surface area contributed by atoms with E-state index in [1.807, 2.05) is 30.3 Å². The number of hydrogen-bond acceptors (Lipinski definition) is 5. The summed E-state index contributed by atoms with van der Waals surface area (Å²) in [5, 5.41) is 5.09. The predicted molar refractivity (Wildman–Crippen MR) is 111 cm³/mol. The van der Waals surface area contributed by atoms with E-state index in [0.717, 1.165) is 5.56 Å². The van der Waals surface area contributed by atoms with Gasteiger partial charge in [-0.15, -0.1) is 0 Å². The highest BCUT2D eigenvalue weighted by molar-refractivity contribution is 6.04. The van der Waals surface area contributed by atoms with Gasteiger partial charge >= 0.3 is 6.03 Å². The maximum Gasteiger partial charge on any atom is 0.324 e. The van der Waals surface area contributed by atoms with Crippen molar-refractivity contribution < 1.29 is 19.1 Å². The molecule has 3 aromatic rings. The maximum absolute atomic E-state index is 12.4. The van der Waals surface area contributed by atoms with Gasteiger partial charge in [-0.2, -0.15) is 0 Å². The molecule has 0 fully saturated rings. The number of ether oxygens (including phenoxy) is 1. The Kier molecular flexibility index (Phi) is 6.23. The van der Waals surface area contributed by atoms with Crippen LogP contribution in [0.3, 0.4) is 0 Å². The molecule has 1 heterocycles. The molecule has 9 heteroatoms. The number of primary amides is 2. The molecule has 3 rings (SSSR count). The molecular formula is C21H19N5O4. The summed E-state index contributed by atoms with van der Waals surface area (Å²) in [6.07, 6.45) is 1.50. The van der Waals surface area contributed by atoms with Gasteiger partial charge in [-0.25, -0.2) is 9.78 Å². The van der Waals surface area contributed by atoms with Crippen molar-refractivity contribution in [1.82, 2.24) is 4.98 Å². The maximum atomic E-state index is 12.4. The SMILES string of the molecule is NC(=O)c1cc(NC(=O)Nc2ncccc2OCc2ccccc2)cc(C(N)=O)c1. The van der Waals surface area contributed by atoms with Crippen molar-refractivity contribution in [3.05, 3.63) is 83.6 Å². The highest BCUT2D eigenvalue weighted by Gasteiger charge is 2.13. The van der Waals surface area contributed by atoms with Crippen molar-refractivity contribution in [2.24, 2.45) is 11.5 Å². The van der Waals surface area contributed by atoms with Gasteiger partial charge in [-0.1, -0.05) is 30.3 Å². The van der Waals surface area contributed by atoms with E-state index in [4.69, 9.17) is 16.2 Å². The van der Waals surface area contributed by atoms with Crippen LogP contribution < -0.4 is 26.8 Å². The lowest BCUT2D eigenvalue weighted by atomic mass is 10.1. The molecule has 30 heavy (non-hydrogen) atoms. The lowest BCUT2D eigenvalue weighted by Crippen LogP contribution is -2.22. The van der Waals surface area contributed by atoms with Gasteiger partial charge in [0.25, 0.3) is 0 Å². The molecule has 152 valence electrons. The Morgan fingerprint density at radius 2 is 1.53 bits per heavy atom. The summed E-state index contributed by atoms with van der Waals surface area (Å²) in [5.41, 5.74) is 11.7. The number of rotatable bonds is 7. The van der Waals surface area contributed by atoms with Crippen LogP contribution in [-0.4, -0.2) is 22.8 Å². The number of urea groups is 1. The van der Waals surface area contributed by atoms with Gasteiger partial charge in [-0.3, -0.25) is 14.9 Å². The molecule has 0 aliphatic rings. The number of nitrogens with zero attached hydrogens (tertiary/aromatic N) is 1. The largest absolute Gasteiger partial charge is 0.485 e. The van der Waals surface area contributed by atoms with Gasteiger partial charge in [0.2, 0.25) is 11.8 Å². The lowest BCUT2D eigenvalue weighted by Gasteiger charge is -2.13.